The lowest BCUT2D eigenvalue weighted by atomic mass is 10.1. The van der Waals surface area contributed by atoms with E-state index in [0.29, 0.717) is 6.54 Å². The number of ether oxygens (including phenoxy) is 1. The van der Waals surface area contributed by atoms with Gasteiger partial charge in [-0.3, -0.25) is 0 Å². The SMILES string of the molecule is C[C@@H]1Oc2ccccc2[C@H]1NC(=O)Nc1ccccc1Cn1cncn1. The van der Waals surface area contributed by atoms with E-state index < -0.39 is 0 Å². The third-order valence-corrected chi connectivity index (χ3v) is 4.39. The van der Waals surface area contributed by atoms with Crippen molar-refractivity contribution in [2.45, 2.75) is 25.6 Å². The van der Waals surface area contributed by atoms with Crippen molar-refractivity contribution in [1.82, 2.24) is 20.1 Å². The Bertz CT molecular complexity index is 910. The van der Waals surface area contributed by atoms with Crippen LogP contribution in [0.1, 0.15) is 24.1 Å². The van der Waals surface area contributed by atoms with Crippen molar-refractivity contribution in [2.75, 3.05) is 5.32 Å². The van der Waals surface area contributed by atoms with Gasteiger partial charge in [0.1, 0.15) is 24.5 Å². The molecule has 26 heavy (non-hydrogen) atoms. The highest BCUT2D eigenvalue weighted by Crippen LogP contribution is 2.36. The van der Waals surface area contributed by atoms with Gasteiger partial charge in [-0.05, 0) is 24.6 Å². The lowest BCUT2D eigenvalue weighted by Crippen LogP contribution is -2.37. The highest BCUT2D eigenvalue weighted by atomic mass is 16.5. The van der Waals surface area contributed by atoms with Crippen LogP contribution in [-0.2, 0) is 6.54 Å². The van der Waals surface area contributed by atoms with Gasteiger partial charge in [0.2, 0.25) is 0 Å². The van der Waals surface area contributed by atoms with E-state index >= 15 is 0 Å². The number of nitrogens with zero attached hydrogens (tertiary/aromatic N) is 3. The van der Waals surface area contributed by atoms with E-state index in [1.54, 1.807) is 11.0 Å². The molecule has 7 nitrogen and oxygen atoms in total. The van der Waals surface area contributed by atoms with Crippen molar-refractivity contribution in [1.29, 1.82) is 0 Å². The Morgan fingerprint density at radius 1 is 1.19 bits per heavy atom. The van der Waals surface area contributed by atoms with Crippen LogP contribution in [0.25, 0.3) is 0 Å². The van der Waals surface area contributed by atoms with Gasteiger partial charge >= 0.3 is 6.03 Å². The van der Waals surface area contributed by atoms with Gasteiger partial charge < -0.3 is 15.4 Å². The molecule has 0 saturated heterocycles. The van der Waals surface area contributed by atoms with Crippen LogP contribution in [0.2, 0.25) is 0 Å². The lowest BCUT2D eigenvalue weighted by Gasteiger charge is -2.18. The van der Waals surface area contributed by atoms with Crippen LogP contribution >= 0.6 is 0 Å². The normalized spacial score (nSPS) is 18.0. The van der Waals surface area contributed by atoms with Crippen LogP contribution in [-0.4, -0.2) is 26.9 Å². The summed E-state index contributed by atoms with van der Waals surface area (Å²) in [5, 5.41) is 10.1. The van der Waals surface area contributed by atoms with Gasteiger partial charge in [0, 0.05) is 11.3 Å². The number of aromatic nitrogens is 3. The number of hydrogen-bond acceptors (Lipinski definition) is 4. The largest absolute Gasteiger partial charge is 0.488 e. The van der Waals surface area contributed by atoms with Gasteiger partial charge in [-0.1, -0.05) is 36.4 Å². The smallest absolute Gasteiger partial charge is 0.319 e. The molecule has 0 spiro atoms. The Hall–Kier alpha value is -3.35. The van der Waals surface area contributed by atoms with Crippen molar-refractivity contribution in [3.8, 4) is 5.75 Å². The van der Waals surface area contributed by atoms with Crippen molar-refractivity contribution >= 4 is 11.7 Å². The van der Waals surface area contributed by atoms with Crippen LogP contribution < -0.4 is 15.4 Å². The fraction of sp³-hybridized carbons (Fsp3) is 0.211. The zero-order valence-corrected chi connectivity index (χ0v) is 14.3. The Labute approximate surface area is 151 Å². The van der Waals surface area contributed by atoms with Crippen LogP contribution in [0.15, 0.2) is 61.2 Å². The second-order valence-corrected chi connectivity index (χ2v) is 6.19. The topological polar surface area (TPSA) is 81.1 Å². The van der Waals surface area contributed by atoms with Gasteiger partial charge in [0.25, 0.3) is 0 Å². The van der Waals surface area contributed by atoms with E-state index in [-0.39, 0.29) is 18.2 Å². The number of amides is 2. The summed E-state index contributed by atoms with van der Waals surface area (Å²) >= 11 is 0. The third kappa shape index (κ3) is 3.23. The van der Waals surface area contributed by atoms with Crippen LogP contribution in [0.5, 0.6) is 5.75 Å². The summed E-state index contributed by atoms with van der Waals surface area (Å²) in [6, 6.07) is 14.9. The maximum absolute atomic E-state index is 12.6. The number of hydrogen-bond donors (Lipinski definition) is 2. The van der Waals surface area contributed by atoms with Crippen molar-refractivity contribution in [3.63, 3.8) is 0 Å². The molecule has 4 rings (SSSR count). The number of carbonyl (C=O) groups is 1. The molecule has 3 aromatic rings. The van der Waals surface area contributed by atoms with Gasteiger partial charge in [-0.15, -0.1) is 0 Å². The first-order valence-corrected chi connectivity index (χ1v) is 8.44. The van der Waals surface area contributed by atoms with E-state index in [0.717, 1.165) is 22.6 Å². The highest BCUT2D eigenvalue weighted by molar-refractivity contribution is 5.90. The molecule has 0 bridgehead atoms. The monoisotopic (exact) mass is 349 g/mol. The first-order valence-electron chi connectivity index (χ1n) is 8.44. The molecule has 132 valence electrons. The number of urea groups is 1. The molecule has 1 aliphatic rings. The second kappa shape index (κ2) is 6.87. The summed E-state index contributed by atoms with van der Waals surface area (Å²) in [4.78, 5) is 16.5. The molecule has 1 aromatic heterocycles. The van der Waals surface area contributed by atoms with Gasteiger partial charge in [0.15, 0.2) is 0 Å². The summed E-state index contributed by atoms with van der Waals surface area (Å²) in [5.41, 5.74) is 2.68. The number of benzene rings is 2. The van der Waals surface area contributed by atoms with Crippen LogP contribution in [0.3, 0.4) is 0 Å². The minimum absolute atomic E-state index is 0.122. The molecule has 2 amide bonds. The fourth-order valence-corrected chi connectivity index (χ4v) is 3.13. The zero-order valence-electron chi connectivity index (χ0n) is 14.3. The average molecular weight is 349 g/mol. The van der Waals surface area contributed by atoms with Gasteiger partial charge in [-0.2, -0.15) is 5.10 Å². The molecular weight excluding hydrogens is 330 g/mol. The Kier molecular flexibility index (Phi) is 4.27. The quantitative estimate of drug-likeness (QED) is 0.759. The van der Waals surface area contributed by atoms with E-state index in [1.807, 2.05) is 55.5 Å². The van der Waals surface area contributed by atoms with Crippen LogP contribution in [0.4, 0.5) is 10.5 Å². The summed E-state index contributed by atoms with van der Waals surface area (Å²) in [7, 11) is 0. The first-order chi connectivity index (χ1) is 12.7. The van der Waals surface area contributed by atoms with Gasteiger partial charge in [-0.25, -0.2) is 14.5 Å². The summed E-state index contributed by atoms with van der Waals surface area (Å²) in [5.74, 6) is 0.817. The molecule has 2 atom stereocenters. The lowest BCUT2D eigenvalue weighted by molar-refractivity contribution is 0.204. The number of anilines is 1. The zero-order chi connectivity index (χ0) is 17.9. The molecule has 7 heteroatoms. The maximum Gasteiger partial charge on any atom is 0.319 e. The molecule has 0 radical (unpaired) electrons. The third-order valence-electron chi connectivity index (χ3n) is 4.39. The van der Waals surface area contributed by atoms with Crippen molar-refractivity contribution in [2.24, 2.45) is 0 Å². The average Bonchev–Trinajstić information content (AvgIpc) is 3.25. The second-order valence-electron chi connectivity index (χ2n) is 6.19. The molecule has 0 fully saturated rings. The fourth-order valence-electron chi connectivity index (χ4n) is 3.13. The minimum Gasteiger partial charge on any atom is -0.488 e. The van der Waals surface area contributed by atoms with E-state index in [9.17, 15) is 4.79 Å². The number of fused-ring (bicyclic) bond motifs is 1. The Balaban J connectivity index is 1.47. The molecule has 0 saturated carbocycles. The van der Waals surface area contributed by atoms with Crippen molar-refractivity contribution < 1.29 is 9.53 Å². The molecule has 0 aliphatic carbocycles. The number of para-hydroxylation sites is 2. The molecule has 2 aromatic carbocycles. The highest BCUT2D eigenvalue weighted by Gasteiger charge is 2.32. The summed E-state index contributed by atoms with van der Waals surface area (Å²) < 4.78 is 7.51. The van der Waals surface area contributed by atoms with E-state index in [1.165, 1.54) is 6.33 Å². The summed E-state index contributed by atoms with van der Waals surface area (Å²) in [6.45, 7) is 2.48. The van der Waals surface area contributed by atoms with Crippen LogP contribution in [0, 0.1) is 0 Å². The number of carbonyl (C=O) groups excluding carboxylic acids is 1. The van der Waals surface area contributed by atoms with E-state index in [4.69, 9.17) is 4.74 Å². The molecule has 2 heterocycles. The first kappa shape index (κ1) is 16.1. The molecule has 2 N–H and O–H groups in total. The predicted octanol–water partition coefficient (Wildman–Crippen LogP) is 2.97. The number of rotatable bonds is 4. The molecule has 1 aliphatic heterocycles. The van der Waals surface area contributed by atoms with E-state index in [2.05, 4.69) is 20.7 Å². The Morgan fingerprint density at radius 3 is 2.85 bits per heavy atom. The minimum atomic E-state index is -0.270. The standard InChI is InChI=1S/C19H19N5O2/c1-13-18(15-7-3-5-9-17(15)26-13)23-19(25)22-16-8-4-2-6-14(16)10-24-12-20-11-21-24/h2-9,11-13,18H,10H2,1H3,(H2,22,23,25)/t13-,18-/m0/s1. The number of nitrogens with one attached hydrogen (secondary N) is 2. The molecular formula is C19H19N5O2. The van der Waals surface area contributed by atoms with Gasteiger partial charge in [0.05, 0.1) is 12.6 Å². The predicted molar refractivity (Wildman–Crippen MR) is 97.0 cm³/mol. The molecule has 0 unspecified atom stereocenters. The Morgan fingerprint density at radius 2 is 2.00 bits per heavy atom. The maximum atomic E-state index is 12.6. The van der Waals surface area contributed by atoms with Crippen molar-refractivity contribution in [3.05, 3.63) is 72.3 Å². The summed E-state index contributed by atoms with van der Waals surface area (Å²) in [6.07, 6.45) is 3.01.